The van der Waals surface area contributed by atoms with E-state index in [4.69, 9.17) is 0 Å². The van der Waals surface area contributed by atoms with Gasteiger partial charge in [-0.3, -0.25) is 9.00 Å². The van der Waals surface area contributed by atoms with E-state index in [-0.39, 0.29) is 17.6 Å². The van der Waals surface area contributed by atoms with Gasteiger partial charge >= 0.3 is 0 Å². The molecule has 1 aromatic carbocycles. The van der Waals surface area contributed by atoms with Crippen molar-refractivity contribution < 1.29 is 13.6 Å². The van der Waals surface area contributed by atoms with Crippen LogP contribution in [0.2, 0.25) is 0 Å². The highest BCUT2D eigenvalue weighted by molar-refractivity contribution is 7.78. The monoisotopic (exact) mass is 377 g/mol. The average Bonchev–Trinajstić information content (AvgIpc) is 3.26. The lowest BCUT2D eigenvalue weighted by molar-refractivity contribution is -0.118. The summed E-state index contributed by atoms with van der Waals surface area (Å²) in [6, 6.07) is 7.35. The van der Waals surface area contributed by atoms with Gasteiger partial charge in [-0.25, -0.2) is 4.98 Å². The molecular weight excluding hydrogens is 356 g/mol. The summed E-state index contributed by atoms with van der Waals surface area (Å²) in [7, 11) is 0. The van der Waals surface area contributed by atoms with Gasteiger partial charge in [0.1, 0.15) is 0 Å². The molecule has 1 aliphatic rings. The molecule has 134 valence electrons. The van der Waals surface area contributed by atoms with Gasteiger partial charge in [-0.05, 0) is 23.5 Å². The van der Waals surface area contributed by atoms with E-state index in [9.17, 15) is 13.6 Å². The Bertz CT molecular complexity index is 710. The van der Waals surface area contributed by atoms with Gasteiger partial charge in [0.05, 0.1) is 5.92 Å². The third-order valence-electron chi connectivity index (χ3n) is 4.69. The second-order valence-electron chi connectivity index (χ2n) is 6.45. The number of carbonyl (C=O) groups excluding carboxylic acids is 1. The van der Waals surface area contributed by atoms with E-state index in [1.54, 1.807) is 18.3 Å². The number of anilines is 1. The first kappa shape index (κ1) is 18.2. The van der Waals surface area contributed by atoms with Crippen LogP contribution in [0, 0.1) is 5.92 Å². The molecule has 1 fully saturated rings. The van der Waals surface area contributed by atoms with E-state index < -0.39 is 11.1 Å². The maximum absolute atomic E-state index is 12.8. The first-order valence-corrected chi connectivity index (χ1v) is 10.6. The fourth-order valence-corrected chi connectivity index (χ4v) is 4.43. The molecule has 2 unspecified atom stereocenters. The molecule has 1 aliphatic carbocycles. The fourth-order valence-electron chi connectivity index (χ4n) is 3.43. The zero-order valence-electron chi connectivity index (χ0n) is 13.8. The molecule has 2 aromatic rings. The SMILES string of the molecule is O=C(Nc1nccs1)C(CC1CCCC1)c1ccc(CS(=O)[O-])cc1. The zero-order chi connectivity index (χ0) is 17.6. The summed E-state index contributed by atoms with van der Waals surface area (Å²) in [5.74, 6) is 0.292. The molecule has 1 amide bonds. The molecule has 3 rings (SSSR count). The van der Waals surface area contributed by atoms with Crippen molar-refractivity contribution in [3.8, 4) is 0 Å². The Morgan fingerprint density at radius 1 is 1.32 bits per heavy atom. The lowest BCUT2D eigenvalue weighted by Crippen LogP contribution is -2.23. The molecule has 0 radical (unpaired) electrons. The van der Waals surface area contributed by atoms with Gasteiger partial charge in [0, 0.05) is 17.3 Å². The van der Waals surface area contributed by atoms with Crippen molar-refractivity contribution in [2.45, 2.75) is 43.8 Å². The van der Waals surface area contributed by atoms with Crippen LogP contribution < -0.4 is 5.32 Å². The van der Waals surface area contributed by atoms with Crippen molar-refractivity contribution in [2.24, 2.45) is 5.92 Å². The zero-order valence-corrected chi connectivity index (χ0v) is 15.5. The van der Waals surface area contributed by atoms with Crippen molar-refractivity contribution in [2.75, 3.05) is 5.32 Å². The van der Waals surface area contributed by atoms with Crippen LogP contribution >= 0.6 is 11.3 Å². The summed E-state index contributed by atoms with van der Waals surface area (Å²) in [6.07, 6.45) is 7.32. The Kier molecular flexibility index (Phi) is 6.34. The number of nitrogens with one attached hydrogen (secondary N) is 1. The first-order valence-electron chi connectivity index (χ1n) is 8.47. The Morgan fingerprint density at radius 3 is 2.64 bits per heavy atom. The van der Waals surface area contributed by atoms with E-state index in [1.807, 2.05) is 17.5 Å². The van der Waals surface area contributed by atoms with Crippen molar-refractivity contribution in [1.82, 2.24) is 4.98 Å². The third-order valence-corrected chi connectivity index (χ3v) is 5.95. The molecule has 1 saturated carbocycles. The summed E-state index contributed by atoms with van der Waals surface area (Å²) >= 11 is -0.700. The molecule has 2 atom stereocenters. The smallest absolute Gasteiger partial charge is 0.233 e. The lowest BCUT2D eigenvalue weighted by atomic mass is 9.87. The first-order chi connectivity index (χ1) is 12.1. The van der Waals surface area contributed by atoms with Crippen LogP contribution in [0.1, 0.15) is 49.1 Å². The van der Waals surface area contributed by atoms with Crippen LogP contribution in [0.5, 0.6) is 0 Å². The van der Waals surface area contributed by atoms with Crippen LogP contribution in [-0.4, -0.2) is 19.7 Å². The van der Waals surface area contributed by atoms with Gasteiger partial charge < -0.3 is 9.87 Å². The van der Waals surface area contributed by atoms with Gasteiger partial charge in [-0.1, -0.05) is 61.0 Å². The maximum atomic E-state index is 12.8. The summed E-state index contributed by atoms with van der Waals surface area (Å²) in [6.45, 7) is 0. The third kappa shape index (κ3) is 5.20. The number of rotatable bonds is 7. The summed E-state index contributed by atoms with van der Waals surface area (Å²) in [5, 5.41) is 5.35. The lowest BCUT2D eigenvalue weighted by Gasteiger charge is -2.20. The van der Waals surface area contributed by atoms with Crippen molar-refractivity contribution in [3.05, 3.63) is 47.0 Å². The Hall–Kier alpha value is -1.57. The van der Waals surface area contributed by atoms with E-state index in [0.717, 1.165) is 17.5 Å². The predicted octanol–water partition coefficient (Wildman–Crippen LogP) is 3.82. The molecule has 5 nitrogen and oxygen atoms in total. The largest absolute Gasteiger partial charge is 0.772 e. The van der Waals surface area contributed by atoms with Crippen molar-refractivity contribution >= 4 is 33.5 Å². The van der Waals surface area contributed by atoms with Crippen molar-refractivity contribution in [3.63, 3.8) is 0 Å². The second kappa shape index (κ2) is 8.69. The second-order valence-corrected chi connectivity index (χ2v) is 8.25. The number of hydrogen-bond donors (Lipinski definition) is 1. The minimum absolute atomic E-state index is 0.00111. The van der Waals surface area contributed by atoms with Crippen LogP contribution in [0.15, 0.2) is 35.8 Å². The molecule has 25 heavy (non-hydrogen) atoms. The van der Waals surface area contributed by atoms with E-state index in [2.05, 4.69) is 10.3 Å². The number of amides is 1. The Balaban J connectivity index is 1.76. The standard InChI is InChI=1S/C18H22N2O3S2/c21-17(20-18-19-9-10-24-18)16(11-13-3-1-2-4-13)15-7-5-14(6-8-15)12-25(22)23/h5-10,13,16H,1-4,11-12H2,(H,22,23)(H,19,20,21)/p-1. The number of aromatic nitrogens is 1. The number of nitrogens with zero attached hydrogens (tertiary/aromatic N) is 1. The van der Waals surface area contributed by atoms with Crippen LogP contribution in [0.25, 0.3) is 0 Å². The highest BCUT2D eigenvalue weighted by Crippen LogP contribution is 2.35. The summed E-state index contributed by atoms with van der Waals surface area (Å²) in [4.78, 5) is 16.9. The average molecular weight is 378 g/mol. The minimum atomic E-state index is -2.10. The van der Waals surface area contributed by atoms with Crippen molar-refractivity contribution in [1.29, 1.82) is 0 Å². The molecule has 0 aliphatic heterocycles. The molecule has 7 heteroatoms. The molecule has 0 spiro atoms. The van der Waals surface area contributed by atoms with Gasteiger partial charge in [-0.2, -0.15) is 0 Å². The summed E-state index contributed by atoms with van der Waals surface area (Å²) < 4.78 is 21.7. The van der Waals surface area contributed by atoms with Crippen LogP contribution in [0.4, 0.5) is 5.13 Å². The topological polar surface area (TPSA) is 82.1 Å². The number of thiazole rings is 1. The van der Waals surface area contributed by atoms with Crippen LogP contribution in [-0.2, 0) is 21.6 Å². The molecular formula is C18H21N2O3S2-. The molecule has 1 N–H and O–H groups in total. The van der Waals surface area contributed by atoms with Gasteiger partial charge in [0.25, 0.3) is 0 Å². The maximum Gasteiger partial charge on any atom is 0.233 e. The molecule has 0 saturated heterocycles. The van der Waals surface area contributed by atoms with Gasteiger partial charge in [0.15, 0.2) is 5.13 Å². The quantitative estimate of drug-likeness (QED) is 0.744. The Morgan fingerprint density at radius 2 is 2.04 bits per heavy atom. The van der Waals surface area contributed by atoms with E-state index in [0.29, 0.717) is 11.0 Å². The summed E-state index contributed by atoms with van der Waals surface area (Å²) in [5.41, 5.74) is 1.67. The number of hydrogen-bond acceptors (Lipinski definition) is 5. The van der Waals surface area contributed by atoms with E-state index >= 15 is 0 Å². The highest BCUT2D eigenvalue weighted by atomic mass is 32.2. The van der Waals surface area contributed by atoms with Crippen LogP contribution in [0.3, 0.4) is 0 Å². The van der Waals surface area contributed by atoms with Gasteiger partial charge in [0.2, 0.25) is 5.91 Å². The molecule has 1 heterocycles. The number of carbonyl (C=O) groups is 1. The molecule has 0 bridgehead atoms. The van der Waals surface area contributed by atoms with Gasteiger partial charge in [-0.15, -0.1) is 11.3 Å². The number of benzene rings is 1. The Labute approximate surface area is 154 Å². The predicted molar refractivity (Wildman–Crippen MR) is 99.1 cm³/mol. The minimum Gasteiger partial charge on any atom is -0.772 e. The fraction of sp³-hybridized carbons (Fsp3) is 0.444. The highest BCUT2D eigenvalue weighted by Gasteiger charge is 2.27. The molecule has 1 aromatic heterocycles. The van der Waals surface area contributed by atoms with E-state index in [1.165, 1.54) is 37.0 Å². The normalized spacial score (nSPS) is 17.3.